The van der Waals surface area contributed by atoms with Crippen LogP contribution in [-0.2, 0) is 4.79 Å². The summed E-state index contributed by atoms with van der Waals surface area (Å²) in [4.78, 5) is 26.7. The standard InChI is InChI=1S/C12H14N2O3/c1-2-13-7-5-10(12(16)17)11(15)9-4-3-6-14-8-9/h2-4,6,8,10,13H,1,5,7H2,(H,16,17). The molecule has 0 spiro atoms. The Morgan fingerprint density at radius 3 is 2.88 bits per heavy atom. The summed E-state index contributed by atoms with van der Waals surface area (Å²) in [6.07, 6.45) is 4.59. The highest BCUT2D eigenvalue weighted by Gasteiger charge is 2.26. The van der Waals surface area contributed by atoms with Crippen molar-refractivity contribution in [3.63, 3.8) is 0 Å². The van der Waals surface area contributed by atoms with Gasteiger partial charge in [-0.15, -0.1) is 0 Å². The van der Waals surface area contributed by atoms with Crippen molar-refractivity contribution in [3.8, 4) is 0 Å². The number of ketones is 1. The Balaban J connectivity index is 2.74. The lowest BCUT2D eigenvalue weighted by molar-refractivity contribution is -0.140. The number of carboxylic acids is 1. The molecule has 0 aliphatic heterocycles. The van der Waals surface area contributed by atoms with Crippen LogP contribution in [0, 0.1) is 5.92 Å². The molecular weight excluding hydrogens is 220 g/mol. The Morgan fingerprint density at radius 1 is 1.59 bits per heavy atom. The van der Waals surface area contributed by atoms with Gasteiger partial charge in [0.15, 0.2) is 5.78 Å². The van der Waals surface area contributed by atoms with Crippen molar-refractivity contribution in [1.29, 1.82) is 0 Å². The van der Waals surface area contributed by atoms with Crippen LogP contribution in [0.2, 0.25) is 0 Å². The average molecular weight is 234 g/mol. The van der Waals surface area contributed by atoms with E-state index >= 15 is 0 Å². The van der Waals surface area contributed by atoms with E-state index < -0.39 is 17.7 Å². The van der Waals surface area contributed by atoms with E-state index in [0.29, 0.717) is 12.1 Å². The molecule has 1 aromatic heterocycles. The third-order valence-corrected chi connectivity index (χ3v) is 2.28. The van der Waals surface area contributed by atoms with Crippen LogP contribution in [0.15, 0.2) is 37.3 Å². The van der Waals surface area contributed by atoms with Crippen molar-refractivity contribution in [3.05, 3.63) is 42.9 Å². The molecule has 90 valence electrons. The van der Waals surface area contributed by atoms with Crippen molar-refractivity contribution in [2.45, 2.75) is 6.42 Å². The summed E-state index contributed by atoms with van der Waals surface area (Å²) in [6.45, 7) is 3.85. The van der Waals surface area contributed by atoms with Gasteiger partial charge in [0.05, 0.1) is 0 Å². The van der Waals surface area contributed by atoms with Crippen LogP contribution >= 0.6 is 0 Å². The van der Waals surface area contributed by atoms with E-state index in [1.54, 1.807) is 12.1 Å². The molecule has 17 heavy (non-hydrogen) atoms. The highest BCUT2D eigenvalue weighted by atomic mass is 16.4. The van der Waals surface area contributed by atoms with E-state index in [1.807, 2.05) is 0 Å². The van der Waals surface area contributed by atoms with E-state index in [9.17, 15) is 9.59 Å². The summed E-state index contributed by atoms with van der Waals surface area (Å²) in [6, 6.07) is 3.17. The Morgan fingerprint density at radius 2 is 2.35 bits per heavy atom. The minimum atomic E-state index is -1.12. The number of aliphatic carboxylic acids is 1. The Kier molecular flexibility index (Phi) is 4.87. The molecule has 1 rings (SSSR count). The zero-order chi connectivity index (χ0) is 12.7. The number of nitrogens with zero attached hydrogens (tertiary/aromatic N) is 1. The van der Waals surface area contributed by atoms with Gasteiger partial charge in [-0.3, -0.25) is 14.6 Å². The highest BCUT2D eigenvalue weighted by Crippen LogP contribution is 2.11. The topological polar surface area (TPSA) is 79.3 Å². The normalized spacial score (nSPS) is 11.5. The summed E-state index contributed by atoms with van der Waals surface area (Å²) in [7, 11) is 0. The van der Waals surface area contributed by atoms with Gasteiger partial charge in [0.25, 0.3) is 0 Å². The second-order valence-corrected chi connectivity index (χ2v) is 3.44. The number of carbonyl (C=O) groups is 2. The monoisotopic (exact) mass is 234 g/mol. The molecule has 0 aliphatic carbocycles. The maximum Gasteiger partial charge on any atom is 0.314 e. The number of hydrogen-bond acceptors (Lipinski definition) is 4. The number of pyridine rings is 1. The summed E-state index contributed by atoms with van der Waals surface area (Å²) in [5, 5.41) is 11.8. The maximum atomic E-state index is 11.9. The second-order valence-electron chi connectivity index (χ2n) is 3.44. The van der Waals surface area contributed by atoms with E-state index in [4.69, 9.17) is 5.11 Å². The van der Waals surface area contributed by atoms with Crippen LogP contribution in [-0.4, -0.2) is 28.4 Å². The van der Waals surface area contributed by atoms with Crippen molar-refractivity contribution >= 4 is 11.8 Å². The fourth-order valence-corrected chi connectivity index (χ4v) is 1.41. The predicted octanol–water partition coefficient (Wildman–Crippen LogP) is 1.09. The largest absolute Gasteiger partial charge is 0.481 e. The van der Waals surface area contributed by atoms with Gasteiger partial charge in [0.2, 0.25) is 0 Å². The molecule has 0 aromatic carbocycles. The Hall–Kier alpha value is -2.17. The molecular formula is C12H14N2O3. The van der Waals surface area contributed by atoms with Gasteiger partial charge < -0.3 is 10.4 Å². The molecule has 0 aliphatic rings. The first-order valence-corrected chi connectivity index (χ1v) is 5.18. The first-order valence-electron chi connectivity index (χ1n) is 5.18. The fourth-order valence-electron chi connectivity index (χ4n) is 1.41. The predicted molar refractivity (Wildman–Crippen MR) is 62.5 cm³/mol. The third-order valence-electron chi connectivity index (χ3n) is 2.28. The van der Waals surface area contributed by atoms with E-state index in [1.165, 1.54) is 18.6 Å². The zero-order valence-corrected chi connectivity index (χ0v) is 9.30. The summed E-state index contributed by atoms with van der Waals surface area (Å²) in [5.41, 5.74) is 0.318. The zero-order valence-electron chi connectivity index (χ0n) is 9.30. The lowest BCUT2D eigenvalue weighted by Crippen LogP contribution is -2.27. The number of carbonyl (C=O) groups excluding carboxylic acids is 1. The number of aromatic nitrogens is 1. The smallest absolute Gasteiger partial charge is 0.314 e. The molecule has 1 aromatic rings. The van der Waals surface area contributed by atoms with Crippen LogP contribution in [0.5, 0.6) is 0 Å². The molecule has 1 unspecified atom stereocenters. The summed E-state index contributed by atoms with van der Waals surface area (Å²) >= 11 is 0. The van der Waals surface area contributed by atoms with Crippen LogP contribution in [0.25, 0.3) is 0 Å². The van der Waals surface area contributed by atoms with Crippen molar-refractivity contribution in [1.82, 2.24) is 10.3 Å². The molecule has 5 nitrogen and oxygen atoms in total. The highest BCUT2D eigenvalue weighted by molar-refractivity contribution is 6.07. The number of nitrogens with one attached hydrogen (secondary N) is 1. The van der Waals surface area contributed by atoms with E-state index in [2.05, 4.69) is 16.9 Å². The third kappa shape index (κ3) is 3.71. The fraction of sp³-hybridized carbons (Fsp3) is 0.250. The number of Topliss-reactive ketones (excluding diaryl/α,β-unsaturated/α-hetero) is 1. The number of hydrogen-bond donors (Lipinski definition) is 2. The van der Waals surface area contributed by atoms with Crippen LogP contribution in [0.3, 0.4) is 0 Å². The van der Waals surface area contributed by atoms with Crippen LogP contribution < -0.4 is 5.32 Å². The van der Waals surface area contributed by atoms with Crippen LogP contribution in [0.1, 0.15) is 16.8 Å². The summed E-state index contributed by atoms with van der Waals surface area (Å²) < 4.78 is 0. The minimum Gasteiger partial charge on any atom is -0.481 e. The lowest BCUT2D eigenvalue weighted by Gasteiger charge is -2.10. The Labute approximate surface area is 99.2 Å². The van der Waals surface area contributed by atoms with Gasteiger partial charge in [-0.05, 0) is 24.8 Å². The molecule has 2 N–H and O–H groups in total. The molecule has 0 fully saturated rings. The van der Waals surface area contributed by atoms with Crippen LogP contribution in [0.4, 0.5) is 0 Å². The maximum absolute atomic E-state index is 11.9. The molecule has 1 heterocycles. The second kappa shape index (κ2) is 6.42. The molecule has 0 bridgehead atoms. The summed E-state index contributed by atoms with van der Waals surface area (Å²) in [5.74, 6) is -2.59. The van der Waals surface area contributed by atoms with Gasteiger partial charge in [0.1, 0.15) is 5.92 Å². The number of carboxylic acid groups (broad SMARTS) is 1. The van der Waals surface area contributed by atoms with Gasteiger partial charge in [0, 0.05) is 24.5 Å². The Bertz CT molecular complexity index is 403. The number of rotatable bonds is 7. The molecule has 5 heteroatoms. The first-order chi connectivity index (χ1) is 8.16. The minimum absolute atomic E-state index is 0.217. The van der Waals surface area contributed by atoms with Crippen molar-refractivity contribution < 1.29 is 14.7 Å². The first kappa shape index (κ1) is 12.9. The van der Waals surface area contributed by atoms with Gasteiger partial charge in [-0.1, -0.05) is 6.58 Å². The molecule has 0 radical (unpaired) electrons. The molecule has 0 amide bonds. The quantitative estimate of drug-likeness (QED) is 0.419. The van der Waals surface area contributed by atoms with E-state index in [-0.39, 0.29) is 6.42 Å². The SMILES string of the molecule is C=CNCCC(C(=O)O)C(=O)c1cccnc1. The molecule has 0 saturated heterocycles. The lowest BCUT2D eigenvalue weighted by atomic mass is 9.95. The van der Waals surface area contributed by atoms with Gasteiger partial charge >= 0.3 is 5.97 Å². The van der Waals surface area contributed by atoms with Gasteiger partial charge in [-0.25, -0.2) is 0 Å². The van der Waals surface area contributed by atoms with Crippen molar-refractivity contribution in [2.24, 2.45) is 5.92 Å². The van der Waals surface area contributed by atoms with Crippen molar-refractivity contribution in [2.75, 3.05) is 6.54 Å². The molecule has 1 atom stereocenters. The van der Waals surface area contributed by atoms with E-state index in [0.717, 1.165) is 0 Å². The average Bonchev–Trinajstić information content (AvgIpc) is 2.34. The molecule has 0 saturated carbocycles. The van der Waals surface area contributed by atoms with Gasteiger partial charge in [-0.2, -0.15) is 0 Å².